The molecule has 0 spiro atoms. The van der Waals surface area contributed by atoms with Crippen molar-refractivity contribution in [3.05, 3.63) is 48.8 Å². The number of hydrogen-bond donors (Lipinski definition) is 0. The van der Waals surface area contributed by atoms with Crippen LogP contribution in [0, 0.1) is 6.07 Å². The molecule has 5 nitrogen and oxygen atoms in total. The Morgan fingerprint density at radius 2 is 2.22 bits per heavy atom. The largest absolute Gasteiger partial charge is 0.467 e. The molecule has 0 fully saturated rings. The third-order valence-corrected chi connectivity index (χ3v) is 2.65. The number of rotatable bonds is 3. The summed E-state index contributed by atoms with van der Waals surface area (Å²) in [6.07, 6.45) is 1.09. The van der Waals surface area contributed by atoms with Crippen molar-refractivity contribution in [3.8, 4) is 5.75 Å². The smallest absolute Gasteiger partial charge is 0.208 e. The van der Waals surface area contributed by atoms with Crippen LogP contribution in [0.5, 0.6) is 5.75 Å². The molecule has 1 unspecified atom stereocenters. The zero-order valence-electron chi connectivity index (χ0n) is 9.82. The van der Waals surface area contributed by atoms with Crippen molar-refractivity contribution in [2.24, 2.45) is 0 Å². The lowest BCUT2D eigenvalue weighted by atomic mass is 10.1. The Labute approximate surface area is 104 Å². The second-order valence-corrected chi connectivity index (χ2v) is 3.91. The molecule has 0 saturated carbocycles. The molecule has 0 amide bonds. The van der Waals surface area contributed by atoms with Gasteiger partial charge in [0.1, 0.15) is 5.75 Å². The number of aromatic nitrogens is 4. The first-order valence-corrected chi connectivity index (χ1v) is 5.62. The van der Waals surface area contributed by atoms with Gasteiger partial charge in [0.25, 0.3) is 0 Å². The summed E-state index contributed by atoms with van der Waals surface area (Å²) in [5, 5.41) is 13.6. The van der Waals surface area contributed by atoms with Crippen molar-refractivity contribution in [2.45, 2.75) is 13.2 Å². The van der Waals surface area contributed by atoms with Crippen molar-refractivity contribution < 1.29 is 4.74 Å². The molecule has 0 aliphatic heterocycles. The summed E-state index contributed by atoms with van der Waals surface area (Å²) >= 11 is 0. The molecule has 3 aromatic rings. The van der Waals surface area contributed by atoms with E-state index >= 15 is 0 Å². The SMILES string of the molecule is CC(Oc1ccc2c[c]ccc2c1)n1ncnn1. The number of benzene rings is 2. The second-order valence-electron chi connectivity index (χ2n) is 3.91. The zero-order valence-corrected chi connectivity index (χ0v) is 9.82. The average Bonchev–Trinajstić information content (AvgIpc) is 2.92. The van der Waals surface area contributed by atoms with Crippen LogP contribution in [0.15, 0.2) is 42.7 Å². The van der Waals surface area contributed by atoms with E-state index in [1.807, 2.05) is 43.3 Å². The van der Waals surface area contributed by atoms with Crippen molar-refractivity contribution >= 4 is 10.8 Å². The van der Waals surface area contributed by atoms with E-state index in [4.69, 9.17) is 4.74 Å². The number of ether oxygens (including phenoxy) is 1. The lowest BCUT2D eigenvalue weighted by molar-refractivity contribution is 0.120. The van der Waals surface area contributed by atoms with Crippen LogP contribution in [-0.2, 0) is 0 Å². The molecule has 0 N–H and O–H groups in total. The molecule has 1 radical (unpaired) electrons. The van der Waals surface area contributed by atoms with Gasteiger partial charge in [-0.3, -0.25) is 0 Å². The van der Waals surface area contributed by atoms with E-state index in [9.17, 15) is 0 Å². The van der Waals surface area contributed by atoms with Crippen LogP contribution >= 0.6 is 0 Å². The fraction of sp³-hybridized carbons (Fsp3) is 0.154. The molecule has 1 atom stereocenters. The minimum absolute atomic E-state index is 0.291. The predicted molar refractivity (Wildman–Crippen MR) is 65.9 cm³/mol. The van der Waals surface area contributed by atoms with Gasteiger partial charge in [0.05, 0.1) is 0 Å². The van der Waals surface area contributed by atoms with E-state index in [0.29, 0.717) is 0 Å². The van der Waals surface area contributed by atoms with Gasteiger partial charge in [0.2, 0.25) is 6.23 Å². The lowest BCUT2D eigenvalue weighted by Gasteiger charge is -2.13. The Bertz CT molecular complexity index is 651. The Morgan fingerprint density at radius 3 is 3.06 bits per heavy atom. The third-order valence-electron chi connectivity index (χ3n) is 2.65. The third kappa shape index (κ3) is 2.02. The van der Waals surface area contributed by atoms with Gasteiger partial charge in [-0.1, -0.05) is 18.2 Å². The number of nitrogens with zero attached hydrogens (tertiary/aromatic N) is 4. The van der Waals surface area contributed by atoms with Crippen LogP contribution in [0.4, 0.5) is 0 Å². The fourth-order valence-electron chi connectivity index (χ4n) is 1.76. The molecule has 1 aromatic heterocycles. The maximum atomic E-state index is 5.75. The van der Waals surface area contributed by atoms with Crippen LogP contribution < -0.4 is 4.74 Å². The normalized spacial score (nSPS) is 12.5. The molecule has 0 aliphatic carbocycles. The minimum atomic E-state index is -0.291. The Kier molecular flexibility index (Phi) is 2.64. The van der Waals surface area contributed by atoms with E-state index in [-0.39, 0.29) is 6.23 Å². The van der Waals surface area contributed by atoms with E-state index in [1.165, 1.54) is 11.1 Å². The summed E-state index contributed by atoms with van der Waals surface area (Å²) in [5.41, 5.74) is 0. The molecule has 0 saturated heterocycles. The molecule has 5 heteroatoms. The average molecular weight is 239 g/mol. The first kappa shape index (κ1) is 10.7. The second kappa shape index (κ2) is 4.44. The maximum Gasteiger partial charge on any atom is 0.208 e. The Hall–Kier alpha value is -2.43. The molecule has 89 valence electrons. The van der Waals surface area contributed by atoms with Crippen LogP contribution in [0.2, 0.25) is 0 Å². The molecule has 0 aliphatic rings. The summed E-state index contributed by atoms with van der Waals surface area (Å²) in [5.74, 6) is 0.776. The maximum absolute atomic E-state index is 5.75. The van der Waals surface area contributed by atoms with E-state index in [2.05, 4.69) is 21.5 Å². The first-order chi connectivity index (χ1) is 8.83. The molecule has 3 rings (SSSR count). The minimum Gasteiger partial charge on any atom is -0.467 e. The fourth-order valence-corrected chi connectivity index (χ4v) is 1.76. The van der Waals surface area contributed by atoms with E-state index in [1.54, 1.807) is 0 Å². The number of fused-ring (bicyclic) bond motifs is 1. The highest BCUT2D eigenvalue weighted by Crippen LogP contribution is 2.22. The highest BCUT2D eigenvalue weighted by atomic mass is 16.5. The Balaban J connectivity index is 1.86. The van der Waals surface area contributed by atoms with Gasteiger partial charge in [-0.2, -0.15) is 0 Å². The van der Waals surface area contributed by atoms with Gasteiger partial charge >= 0.3 is 0 Å². The van der Waals surface area contributed by atoms with E-state index < -0.39 is 0 Å². The topological polar surface area (TPSA) is 52.8 Å². The highest BCUT2D eigenvalue weighted by Gasteiger charge is 2.08. The van der Waals surface area contributed by atoms with Crippen molar-refractivity contribution in [2.75, 3.05) is 0 Å². The number of tetrazole rings is 1. The molecular weight excluding hydrogens is 228 g/mol. The summed E-state index contributed by atoms with van der Waals surface area (Å²) < 4.78 is 5.75. The van der Waals surface area contributed by atoms with Gasteiger partial charge in [-0.25, -0.2) is 0 Å². The van der Waals surface area contributed by atoms with Crippen LogP contribution in [-0.4, -0.2) is 20.2 Å². The van der Waals surface area contributed by atoms with Crippen molar-refractivity contribution in [1.82, 2.24) is 20.2 Å². The zero-order chi connectivity index (χ0) is 12.4. The van der Waals surface area contributed by atoms with Gasteiger partial charge < -0.3 is 4.74 Å². The summed E-state index contributed by atoms with van der Waals surface area (Å²) in [7, 11) is 0. The quantitative estimate of drug-likeness (QED) is 0.703. The monoisotopic (exact) mass is 239 g/mol. The van der Waals surface area contributed by atoms with Gasteiger partial charge in [0, 0.05) is 0 Å². The Morgan fingerprint density at radius 1 is 1.28 bits per heavy atom. The summed E-state index contributed by atoms with van der Waals surface area (Å²) in [6.45, 7) is 1.87. The van der Waals surface area contributed by atoms with Crippen LogP contribution in [0.25, 0.3) is 10.8 Å². The highest BCUT2D eigenvalue weighted by molar-refractivity contribution is 5.83. The van der Waals surface area contributed by atoms with Crippen molar-refractivity contribution in [1.29, 1.82) is 0 Å². The van der Waals surface area contributed by atoms with Gasteiger partial charge in [-0.15, -0.1) is 15.0 Å². The molecule has 0 bridgehead atoms. The first-order valence-electron chi connectivity index (χ1n) is 5.62. The molecule has 1 heterocycles. The standard InChI is InChI=1S/C13H11N4O/c1-10(17-15-9-14-16-17)18-13-7-6-11-4-2-3-5-12(11)8-13/h3-10H,1H3. The summed E-state index contributed by atoms with van der Waals surface area (Å²) in [6, 6.07) is 14.8. The summed E-state index contributed by atoms with van der Waals surface area (Å²) in [4.78, 5) is 1.42. The predicted octanol–water partition coefficient (Wildman–Crippen LogP) is 2.22. The number of hydrogen-bond acceptors (Lipinski definition) is 4. The lowest BCUT2D eigenvalue weighted by Crippen LogP contribution is -2.15. The molecule has 2 aromatic carbocycles. The van der Waals surface area contributed by atoms with Crippen LogP contribution in [0.1, 0.15) is 13.2 Å². The molecule has 18 heavy (non-hydrogen) atoms. The van der Waals surface area contributed by atoms with Gasteiger partial charge in [-0.05, 0) is 47.2 Å². The van der Waals surface area contributed by atoms with E-state index in [0.717, 1.165) is 16.5 Å². The van der Waals surface area contributed by atoms with Gasteiger partial charge in [0.15, 0.2) is 6.33 Å². The van der Waals surface area contributed by atoms with Crippen LogP contribution in [0.3, 0.4) is 0 Å². The van der Waals surface area contributed by atoms with Crippen molar-refractivity contribution in [3.63, 3.8) is 0 Å². The molecular formula is C13H11N4O.